The molecule has 0 spiro atoms. The van der Waals surface area contributed by atoms with Crippen LogP contribution in [-0.4, -0.2) is 12.0 Å². The molecule has 0 radical (unpaired) electrons. The first-order valence-electron chi connectivity index (χ1n) is 3.00. The number of Topliss-reactive ketones (excluding diaryl/α,β-unsaturated/α-hetero) is 1. The maximum atomic E-state index is 10.7. The van der Waals surface area contributed by atoms with Gasteiger partial charge < -0.3 is 4.74 Å². The summed E-state index contributed by atoms with van der Waals surface area (Å²) < 4.78 is 4.86. The SMILES string of the molecule is CC(=O)C1=CC=COC1N. The molecule has 3 nitrogen and oxygen atoms in total. The summed E-state index contributed by atoms with van der Waals surface area (Å²) in [6, 6.07) is 0. The van der Waals surface area contributed by atoms with Crippen LogP contribution in [0.3, 0.4) is 0 Å². The highest BCUT2D eigenvalue weighted by Gasteiger charge is 2.14. The predicted molar refractivity (Wildman–Crippen MR) is 37.0 cm³/mol. The van der Waals surface area contributed by atoms with Gasteiger partial charge >= 0.3 is 0 Å². The fourth-order valence-corrected chi connectivity index (χ4v) is 0.759. The first kappa shape index (κ1) is 7.02. The van der Waals surface area contributed by atoms with Crippen molar-refractivity contribution in [3.8, 4) is 0 Å². The van der Waals surface area contributed by atoms with E-state index in [2.05, 4.69) is 0 Å². The lowest BCUT2D eigenvalue weighted by atomic mass is 10.1. The smallest absolute Gasteiger partial charge is 0.176 e. The molecule has 0 saturated carbocycles. The van der Waals surface area contributed by atoms with Crippen LogP contribution in [0.2, 0.25) is 0 Å². The van der Waals surface area contributed by atoms with Gasteiger partial charge in [-0.2, -0.15) is 0 Å². The van der Waals surface area contributed by atoms with Crippen molar-refractivity contribution in [2.75, 3.05) is 0 Å². The van der Waals surface area contributed by atoms with E-state index in [-0.39, 0.29) is 5.78 Å². The van der Waals surface area contributed by atoms with Gasteiger partial charge in [0.15, 0.2) is 12.0 Å². The summed E-state index contributed by atoms with van der Waals surface area (Å²) in [7, 11) is 0. The van der Waals surface area contributed by atoms with E-state index in [1.807, 2.05) is 0 Å². The van der Waals surface area contributed by atoms with Gasteiger partial charge in [-0.1, -0.05) is 0 Å². The standard InChI is InChI=1S/C7H9NO2/c1-5(9)6-3-2-4-10-7(6)8/h2-4,7H,8H2,1H3. The van der Waals surface area contributed by atoms with Gasteiger partial charge in [-0.15, -0.1) is 0 Å². The second kappa shape index (κ2) is 2.66. The Labute approximate surface area is 59.2 Å². The lowest BCUT2D eigenvalue weighted by Crippen LogP contribution is -2.28. The van der Waals surface area contributed by atoms with Crippen LogP contribution >= 0.6 is 0 Å². The summed E-state index contributed by atoms with van der Waals surface area (Å²) in [5, 5.41) is 0. The number of ketones is 1. The molecule has 0 aliphatic carbocycles. The van der Waals surface area contributed by atoms with Crippen molar-refractivity contribution in [3.63, 3.8) is 0 Å². The third-order valence-corrected chi connectivity index (χ3v) is 1.29. The third-order valence-electron chi connectivity index (χ3n) is 1.29. The lowest BCUT2D eigenvalue weighted by molar-refractivity contribution is -0.114. The molecule has 3 heteroatoms. The van der Waals surface area contributed by atoms with E-state index in [4.69, 9.17) is 10.5 Å². The number of ether oxygens (including phenoxy) is 1. The van der Waals surface area contributed by atoms with Gasteiger partial charge in [0, 0.05) is 5.57 Å². The van der Waals surface area contributed by atoms with Crippen molar-refractivity contribution in [2.24, 2.45) is 5.73 Å². The van der Waals surface area contributed by atoms with Crippen molar-refractivity contribution < 1.29 is 9.53 Å². The molecule has 1 aliphatic rings. The van der Waals surface area contributed by atoms with E-state index in [0.29, 0.717) is 5.57 Å². The van der Waals surface area contributed by atoms with Gasteiger partial charge in [0.2, 0.25) is 0 Å². The van der Waals surface area contributed by atoms with E-state index in [1.54, 1.807) is 12.2 Å². The molecule has 10 heavy (non-hydrogen) atoms. The van der Waals surface area contributed by atoms with E-state index < -0.39 is 6.23 Å². The number of carbonyl (C=O) groups excluding carboxylic acids is 1. The van der Waals surface area contributed by atoms with Crippen LogP contribution in [0.15, 0.2) is 24.0 Å². The van der Waals surface area contributed by atoms with E-state index >= 15 is 0 Å². The quantitative estimate of drug-likeness (QED) is 0.569. The molecule has 0 amide bonds. The number of allylic oxidation sites excluding steroid dienone is 2. The molecular formula is C7H9NO2. The number of hydrogen-bond acceptors (Lipinski definition) is 3. The largest absolute Gasteiger partial charge is 0.479 e. The number of rotatable bonds is 1. The molecule has 0 aromatic heterocycles. The van der Waals surface area contributed by atoms with Crippen molar-refractivity contribution in [1.82, 2.24) is 0 Å². The van der Waals surface area contributed by atoms with Crippen molar-refractivity contribution in [3.05, 3.63) is 24.0 Å². The Morgan fingerprint density at radius 2 is 2.50 bits per heavy atom. The van der Waals surface area contributed by atoms with Crippen LogP contribution < -0.4 is 5.73 Å². The zero-order chi connectivity index (χ0) is 7.56. The zero-order valence-electron chi connectivity index (χ0n) is 5.70. The van der Waals surface area contributed by atoms with E-state index in [1.165, 1.54) is 13.2 Å². The minimum atomic E-state index is -0.581. The van der Waals surface area contributed by atoms with Gasteiger partial charge in [0.1, 0.15) is 0 Å². The van der Waals surface area contributed by atoms with Crippen molar-refractivity contribution >= 4 is 5.78 Å². The summed E-state index contributed by atoms with van der Waals surface area (Å²) >= 11 is 0. The van der Waals surface area contributed by atoms with Gasteiger partial charge in [0.25, 0.3) is 0 Å². The van der Waals surface area contributed by atoms with Crippen LogP contribution in [-0.2, 0) is 9.53 Å². The first-order valence-corrected chi connectivity index (χ1v) is 3.00. The maximum absolute atomic E-state index is 10.7. The maximum Gasteiger partial charge on any atom is 0.176 e. The van der Waals surface area contributed by atoms with Crippen LogP contribution in [0.4, 0.5) is 0 Å². The Morgan fingerprint density at radius 3 is 2.90 bits per heavy atom. The highest BCUT2D eigenvalue weighted by Crippen LogP contribution is 2.08. The van der Waals surface area contributed by atoms with E-state index in [9.17, 15) is 4.79 Å². The fourth-order valence-electron chi connectivity index (χ4n) is 0.759. The molecule has 1 atom stereocenters. The minimum absolute atomic E-state index is 0.0446. The average Bonchev–Trinajstić information content (AvgIpc) is 1.88. The Morgan fingerprint density at radius 1 is 1.80 bits per heavy atom. The summed E-state index contributed by atoms with van der Waals surface area (Å²) in [6.07, 6.45) is 4.20. The second-order valence-electron chi connectivity index (χ2n) is 2.06. The van der Waals surface area contributed by atoms with E-state index in [0.717, 1.165) is 0 Å². The van der Waals surface area contributed by atoms with Gasteiger partial charge in [-0.25, -0.2) is 0 Å². The van der Waals surface area contributed by atoms with Crippen molar-refractivity contribution in [2.45, 2.75) is 13.2 Å². The summed E-state index contributed by atoms with van der Waals surface area (Å²) in [4.78, 5) is 10.7. The molecule has 1 unspecified atom stereocenters. The highest BCUT2D eigenvalue weighted by molar-refractivity contribution is 5.94. The third kappa shape index (κ3) is 1.25. The molecular weight excluding hydrogens is 130 g/mol. The van der Waals surface area contributed by atoms with Crippen LogP contribution in [0.5, 0.6) is 0 Å². The van der Waals surface area contributed by atoms with Crippen LogP contribution in [0.1, 0.15) is 6.92 Å². The molecule has 0 saturated heterocycles. The lowest BCUT2D eigenvalue weighted by Gasteiger charge is -2.15. The number of hydrogen-bond donors (Lipinski definition) is 1. The average molecular weight is 139 g/mol. The second-order valence-corrected chi connectivity index (χ2v) is 2.06. The number of nitrogens with two attached hydrogens (primary N) is 1. The Kier molecular flexibility index (Phi) is 1.87. The molecule has 0 fully saturated rings. The topological polar surface area (TPSA) is 52.3 Å². The monoisotopic (exact) mass is 139 g/mol. The summed E-state index contributed by atoms with van der Waals surface area (Å²) in [6.45, 7) is 1.47. The Hall–Kier alpha value is -1.09. The summed E-state index contributed by atoms with van der Waals surface area (Å²) in [5.74, 6) is -0.0446. The molecule has 0 aromatic rings. The predicted octanol–water partition coefficient (Wildman–Crippen LogP) is 0.331. The van der Waals surface area contributed by atoms with Crippen molar-refractivity contribution in [1.29, 1.82) is 0 Å². The van der Waals surface area contributed by atoms with Gasteiger partial charge in [0.05, 0.1) is 6.26 Å². The number of carbonyl (C=O) groups is 1. The molecule has 2 N–H and O–H groups in total. The normalized spacial score (nSPS) is 23.4. The Bertz CT molecular complexity index is 206. The van der Waals surface area contributed by atoms with Crippen LogP contribution in [0.25, 0.3) is 0 Å². The molecule has 54 valence electrons. The van der Waals surface area contributed by atoms with Gasteiger partial charge in [-0.05, 0) is 19.1 Å². The molecule has 0 aromatic carbocycles. The Balaban J connectivity index is 2.80. The zero-order valence-corrected chi connectivity index (χ0v) is 5.70. The molecule has 0 bridgehead atoms. The molecule has 1 rings (SSSR count). The van der Waals surface area contributed by atoms with Gasteiger partial charge in [-0.3, -0.25) is 10.5 Å². The first-order chi connectivity index (χ1) is 4.72. The molecule has 1 heterocycles. The fraction of sp³-hybridized carbons (Fsp3) is 0.286. The van der Waals surface area contributed by atoms with Crippen LogP contribution in [0, 0.1) is 0 Å². The molecule has 1 aliphatic heterocycles. The summed E-state index contributed by atoms with van der Waals surface area (Å²) in [5.41, 5.74) is 5.93. The minimum Gasteiger partial charge on any atom is -0.479 e. The highest BCUT2D eigenvalue weighted by atomic mass is 16.5.